The average molecular weight is 606 g/mol. The second-order valence-electron chi connectivity index (χ2n) is 8.04. The molecule has 13 heteroatoms. The number of para-hydroxylation sites is 1. The van der Waals surface area contributed by atoms with Gasteiger partial charge in [-0.2, -0.15) is 0 Å². The lowest BCUT2D eigenvalue weighted by molar-refractivity contribution is 0.0974. The van der Waals surface area contributed by atoms with Gasteiger partial charge in [0, 0.05) is 17.5 Å². The Bertz CT molecular complexity index is 2000. The second-order valence-corrected chi connectivity index (χ2v) is 11.0. The summed E-state index contributed by atoms with van der Waals surface area (Å²) in [7, 11) is -3.06. The van der Waals surface area contributed by atoms with Crippen molar-refractivity contribution in [2.75, 3.05) is 0 Å². The molecule has 1 amide bonds. The number of aryl methyl sites for hydroxylation is 1. The van der Waals surface area contributed by atoms with Gasteiger partial charge in [0.25, 0.3) is 21.5 Å². The van der Waals surface area contributed by atoms with Crippen LogP contribution < -0.4 is 16.0 Å². The van der Waals surface area contributed by atoms with Crippen molar-refractivity contribution < 1.29 is 17.6 Å². The van der Waals surface area contributed by atoms with Crippen molar-refractivity contribution in [2.24, 2.45) is 7.05 Å². The van der Waals surface area contributed by atoms with Crippen molar-refractivity contribution in [3.05, 3.63) is 103 Å². The summed E-state index contributed by atoms with van der Waals surface area (Å²) in [6, 6.07) is 14.0. The van der Waals surface area contributed by atoms with Crippen LogP contribution in [-0.4, -0.2) is 28.4 Å². The van der Waals surface area contributed by atoms with Gasteiger partial charge in [0.1, 0.15) is 11.5 Å². The number of aromatic amines is 1. The smallest absolute Gasteiger partial charge is 0.333 e. The third-order valence-electron chi connectivity index (χ3n) is 5.81. The molecule has 3 aromatic carbocycles. The van der Waals surface area contributed by atoms with Gasteiger partial charge >= 0.3 is 5.69 Å². The summed E-state index contributed by atoms with van der Waals surface area (Å²) >= 11 is 9.14. The molecule has 5 aromatic rings. The first kappa shape index (κ1) is 24.9. The largest absolute Gasteiger partial charge is 0.338 e. The van der Waals surface area contributed by atoms with Crippen LogP contribution in [0.1, 0.15) is 10.5 Å². The summed E-state index contributed by atoms with van der Waals surface area (Å²) in [5.74, 6) is -1.99. The summed E-state index contributed by atoms with van der Waals surface area (Å²) < 4.78 is 43.9. The first-order valence-electron chi connectivity index (χ1n) is 10.5. The Morgan fingerprint density at radius 1 is 1.05 bits per heavy atom. The van der Waals surface area contributed by atoms with Crippen molar-refractivity contribution >= 4 is 65.3 Å². The average Bonchev–Trinajstić information content (AvgIpc) is 3.11. The highest BCUT2D eigenvalue weighted by Crippen LogP contribution is 2.30. The number of nitrogens with one attached hydrogen (secondary N) is 2. The Morgan fingerprint density at radius 2 is 1.78 bits per heavy atom. The number of halogens is 3. The Balaban J connectivity index is 1.77. The number of nitrogens with zero attached hydrogens (tertiary/aromatic N) is 2. The summed E-state index contributed by atoms with van der Waals surface area (Å²) in [5.41, 5.74) is -1.34. The number of hydrogen-bond donors (Lipinski definition) is 2. The van der Waals surface area contributed by atoms with E-state index in [1.54, 1.807) is 30.3 Å². The standard InChI is InChI=1S/C24H15BrClFN4O5S/c1-30-19-9-6-12(26)10-15(19)20(31-23(33)14-4-2-3-5-18(14)28-24(31)34)21(30)22(32)29-37(35,36)13-7-8-16(25)17(27)11-13/h2-11H,1H3,(H,28,34)(H,29,32). The molecule has 2 aromatic heterocycles. The first-order chi connectivity index (χ1) is 17.5. The van der Waals surface area contributed by atoms with Gasteiger partial charge in [-0.15, -0.1) is 0 Å². The van der Waals surface area contributed by atoms with Gasteiger partial charge in [0.2, 0.25) is 0 Å². The minimum Gasteiger partial charge on any atom is -0.338 e. The van der Waals surface area contributed by atoms with E-state index >= 15 is 0 Å². The van der Waals surface area contributed by atoms with Crippen LogP contribution in [0.3, 0.4) is 0 Å². The van der Waals surface area contributed by atoms with Crippen LogP contribution in [-0.2, 0) is 17.1 Å². The highest BCUT2D eigenvalue weighted by atomic mass is 79.9. The van der Waals surface area contributed by atoms with Crippen molar-refractivity contribution in [1.82, 2.24) is 18.8 Å². The Morgan fingerprint density at radius 3 is 2.51 bits per heavy atom. The summed E-state index contributed by atoms with van der Waals surface area (Å²) in [6.45, 7) is 0. The number of rotatable bonds is 4. The lowest BCUT2D eigenvalue weighted by Crippen LogP contribution is -2.37. The minimum absolute atomic E-state index is 0.0422. The van der Waals surface area contributed by atoms with E-state index < -0.39 is 37.9 Å². The molecule has 0 saturated carbocycles. The van der Waals surface area contributed by atoms with Gasteiger partial charge in [0.05, 0.1) is 31.5 Å². The number of hydrogen-bond acceptors (Lipinski definition) is 5. The third kappa shape index (κ3) is 4.16. The molecular formula is C24H15BrClFN4O5S. The molecule has 188 valence electrons. The van der Waals surface area contributed by atoms with Crippen LogP contribution in [0.15, 0.2) is 79.6 Å². The van der Waals surface area contributed by atoms with E-state index in [0.29, 0.717) is 5.52 Å². The fourth-order valence-corrected chi connectivity index (χ4v) is 5.51. The van der Waals surface area contributed by atoms with Gasteiger partial charge in [0.15, 0.2) is 0 Å². The normalized spacial score (nSPS) is 11.8. The number of H-pyrrole nitrogens is 1. The molecule has 0 fully saturated rings. The number of benzene rings is 3. The fourth-order valence-electron chi connectivity index (χ4n) is 4.12. The molecule has 0 aliphatic carbocycles. The summed E-state index contributed by atoms with van der Waals surface area (Å²) in [6.07, 6.45) is 0. The van der Waals surface area contributed by atoms with Crippen molar-refractivity contribution in [1.29, 1.82) is 0 Å². The minimum atomic E-state index is -4.54. The number of carbonyl (C=O) groups is 1. The Labute approximate surface area is 221 Å². The van der Waals surface area contributed by atoms with Crippen LogP contribution in [0.25, 0.3) is 27.5 Å². The van der Waals surface area contributed by atoms with Gasteiger partial charge < -0.3 is 9.55 Å². The molecular weight excluding hydrogens is 591 g/mol. The number of sulfonamides is 1. The predicted molar refractivity (Wildman–Crippen MR) is 140 cm³/mol. The maximum atomic E-state index is 14.0. The molecule has 0 radical (unpaired) electrons. The van der Waals surface area contributed by atoms with Gasteiger partial charge in [-0.3, -0.25) is 9.59 Å². The molecule has 0 spiro atoms. The Hall–Kier alpha value is -3.74. The zero-order valence-corrected chi connectivity index (χ0v) is 21.9. The molecule has 2 heterocycles. The zero-order chi connectivity index (χ0) is 26.6. The summed E-state index contributed by atoms with van der Waals surface area (Å²) in [5, 5.41) is 0.690. The lowest BCUT2D eigenvalue weighted by Gasteiger charge is -2.12. The van der Waals surface area contributed by atoms with E-state index in [4.69, 9.17) is 11.6 Å². The fraction of sp³-hybridized carbons (Fsp3) is 0.0417. The SMILES string of the molecule is Cn1c(C(=O)NS(=O)(=O)c2ccc(Br)c(F)c2)c(-n2c(=O)[nH]c3ccccc3c2=O)c2cc(Cl)ccc21. The highest BCUT2D eigenvalue weighted by molar-refractivity contribution is 9.10. The highest BCUT2D eigenvalue weighted by Gasteiger charge is 2.29. The maximum Gasteiger partial charge on any atom is 0.333 e. The maximum absolute atomic E-state index is 14.0. The molecule has 0 bridgehead atoms. The van der Waals surface area contributed by atoms with E-state index in [0.717, 1.165) is 16.7 Å². The molecule has 37 heavy (non-hydrogen) atoms. The van der Waals surface area contributed by atoms with Crippen LogP contribution in [0.5, 0.6) is 0 Å². The van der Waals surface area contributed by atoms with E-state index in [2.05, 4.69) is 20.9 Å². The van der Waals surface area contributed by atoms with E-state index in [-0.39, 0.29) is 37.2 Å². The molecule has 0 aliphatic rings. The van der Waals surface area contributed by atoms with Gasteiger partial charge in [-0.05, 0) is 64.5 Å². The van der Waals surface area contributed by atoms with E-state index in [9.17, 15) is 27.2 Å². The molecule has 0 atom stereocenters. The molecule has 0 saturated heterocycles. The van der Waals surface area contributed by atoms with Crippen LogP contribution >= 0.6 is 27.5 Å². The van der Waals surface area contributed by atoms with Crippen LogP contribution in [0.4, 0.5) is 4.39 Å². The topological polar surface area (TPSA) is 123 Å². The van der Waals surface area contributed by atoms with Gasteiger partial charge in [-0.25, -0.2) is 26.9 Å². The van der Waals surface area contributed by atoms with Crippen molar-refractivity contribution in [3.63, 3.8) is 0 Å². The number of fused-ring (bicyclic) bond motifs is 2. The van der Waals surface area contributed by atoms with E-state index in [1.807, 2.05) is 4.72 Å². The second kappa shape index (κ2) is 8.98. The molecule has 5 rings (SSSR count). The molecule has 0 unspecified atom stereocenters. The quantitative estimate of drug-likeness (QED) is 0.322. The van der Waals surface area contributed by atoms with Gasteiger partial charge in [-0.1, -0.05) is 23.7 Å². The summed E-state index contributed by atoms with van der Waals surface area (Å²) in [4.78, 5) is 42.1. The van der Waals surface area contributed by atoms with Crippen molar-refractivity contribution in [3.8, 4) is 5.69 Å². The van der Waals surface area contributed by atoms with Crippen molar-refractivity contribution in [2.45, 2.75) is 4.90 Å². The number of carbonyl (C=O) groups excluding carboxylic acids is 1. The monoisotopic (exact) mass is 604 g/mol. The lowest BCUT2D eigenvalue weighted by atomic mass is 10.2. The van der Waals surface area contributed by atoms with Crippen LogP contribution in [0.2, 0.25) is 5.02 Å². The predicted octanol–water partition coefficient (Wildman–Crippen LogP) is 3.84. The number of aromatic nitrogens is 3. The van der Waals surface area contributed by atoms with E-state index in [1.165, 1.54) is 29.8 Å². The zero-order valence-electron chi connectivity index (χ0n) is 18.8. The number of amides is 1. The third-order valence-corrected chi connectivity index (χ3v) is 8.01. The molecule has 9 nitrogen and oxygen atoms in total. The molecule has 0 aliphatic heterocycles. The first-order valence-corrected chi connectivity index (χ1v) is 13.2. The Kier molecular flexibility index (Phi) is 6.05. The van der Waals surface area contributed by atoms with Crippen LogP contribution in [0, 0.1) is 5.82 Å². The molecule has 2 N–H and O–H groups in total.